The molecular formula is C14H15Cl2FN2. The summed E-state index contributed by atoms with van der Waals surface area (Å²) in [6, 6.07) is 3.04. The first-order valence-corrected chi connectivity index (χ1v) is 7.40. The summed E-state index contributed by atoms with van der Waals surface area (Å²) < 4.78 is 15.7. The Labute approximate surface area is 121 Å². The molecule has 0 amide bonds. The van der Waals surface area contributed by atoms with E-state index >= 15 is 0 Å². The first-order chi connectivity index (χ1) is 9.08. The maximum absolute atomic E-state index is 13.7. The molecule has 1 saturated carbocycles. The Morgan fingerprint density at radius 1 is 1.42 bits per heavy atom. The fourth-order valence-corrected chi connectivity index (χ4v) is 2.95. The van der Waals surface area contributed by atoms with Crippen LogP contribution in [0.15, 0.2) is 12.1 Å². The van der Waals surface area contributed by atoms with Gasteiger partial charge in [-0.05, 0) is 30.7 Å². The highest BCUT2D eigenvalue weighted by Gasteiger charge is 2.41. The quantitative estimate of drug-likeness (QED) is 0.745. The molecule has 0 bridgehead atoms. The standard InChI is InChI=1S/C14H15Cl2FN2/c1-2-14(3-4-14)8-19-12-6-10(17)9(16)5-11(12)18-13(19)7-15/h5-6H,2-4,7-8H2,1H3. The summed E-state index contributed by atoms with van der Waals surface area (Å²) in [5.41, 5.74) is 1.86. The lowest BCUT2D eigenvalue weighted by atomic mass is 10.0. The fraction of sp³-hybridized carbons (Fsp3) is 0.500. The molecule has 0 N–H and O–H groups in total. The maximum Gasteiger partial charge on any atom is 0.144 e. The van der Waals surface area contributed by atoms with Crippen LogP contribution in [0.25, 0.3) is 11.0 Å². The molecule has 1 fully saturated rings. The number of hydrogen-bond donors (Lipinski definition) is 0. The molecule has 0 atom stereocenters. The molecule has 1 aliphatic carbocycles. The molecule has 0 spiro atoms. The molecule has 0 radical (unpaired) electrons. The van der Waals surface area contributed by atoms with Gasteiger partial charge in [0.15, 0.2) is 0 Å². The average molecular weight is 301 g/mol. The molecule has 3 rings (SSSR count). The summed E-state index contributed by atoms with van der Waals surface area (Å²) in [6.45, 7) is 3.06. The second-order valence-corrected chi connectivity index (χ2v) is 6.03. The first kappa shape index (κ1) is 13.2. The van der Waals surface area contributed by atoms with Gasteiger partial charge in [-0.1, -0.05) is 18.5 Å². The highest BCUT2D eigenvalue weighted by molar-refractivity contribution is 6.31. The van der Waals surface area contributed by atoms with Gasteiger partial charge in [0.2, 0.25) is 0 Å². The van der Waals surface area contributed by atoms with Crippen molar-refractivity contribution in [3.63, 3.8) is 0 Å². The molecule has 0 saturated heterocycles. The van der Waals surface area contributed by atoms with E-state index in [1.54, 1.807) is 6.07 Å². The number of rotatable bonds is 4. The van der Waals surface area contributed by atoms with Crippen LogP contribution in [-0.2, 0) is 12.4 Å². The number of fused-ring (bicyclic) bond motifs is 1. The smallest absolute Gasteiger partial charge is 0.144 e. The molecular weight excluding hydrogens is 286 g/mol. The van der Waals surface area contributed by atoms with Crippen LogP contribution < -0.4 is 0 Å². The van der Waals surface area contributed by atoms with Gasteiger partial charge in [0.1, 0.15) is 11.6 Å². The van der Waals surface area contributed by atoms with E-state index in [-0.39, 0.29) is 5.02 Å². The molecule has 1 heterocycles. The third kappa shape index (κ3) is 2.23. The Morgan fingerprint density at radius 3 is 2.74 bits per heavy atom. The van der Waals surface area contributed by atoms with E-state index in [0.717, 1.165) is 24.3 Å². The SMILES string of the molecule is CCC1(Cn2c(CCl)nc3cc(Cl)c(F)cc32)CC1. The number of halogens is 3. The van der Waals surface area contributed by atoms with Crippen LogP contribution in [-0.4, -0.2) is 9.55 Å². The normalized spacial score (nSPS) is 17.1. The highest BCUT2D eigenvalue weighted by Crippen LogP contribution is 2.50. The van der Waals surface area contributed by atoms with E-state index in [1.165, 1.54) is 18.9 Å². The Hall–Kier alpha value is -0.800. The number of imidazole rings is 1. The number of nitrogens with zero attached hydrogens (tertiary/aromatic N) is 2. The number of hydrogen-bond acceptors (Lipinski definition) is 1. The van der Waals surface area contributed by atoms with Crippen molar-refractivity contribution in [1.29, 1.82) is 0 Å². The highest BCUT2D eigenvalue weighted by atomic mass is 35.5. The summed E-state index contributed by atoms with van der Waals surface area (Å²) in [6.07, 6.45) is 3.58. The molecule has 5 heteroatoms. The summed E-state index contributed by atoms with van der Waals surface area (Å²) in [5.74, 6) is 0.712. The van der Waals surface area contributed by atoms with Gasteiger partial charge >= 0.3 is 0 Å². The van der Waals surface area contributed by atoms with E-state index in [4.69, 9.17) is 23.2 Å². The number of benzene rings is 1. The molecule has 2 nitrogen and oxygen atoms in total. The van der Waals surface area contributed by atoms with Crippen molar-refractivity contribution in [2.45, 2.75) is 38.6 Å². The van der Waals surface area contributed by atoms with E-state index in [2.05, 4.69) is 16.5 Å². The van der Waals surface area contributed by atoms with Crippen LogP contribution in [0.4, 0.5) is 4.39 Å². The predicted molar refractivity (Wildman–Crippen MR) is 76.2 cm³/mol. The Balaban J connectivity index is 2.12. The second-order valence-electron chi connectivity index (χ2n) is 5.36. The lowest BCUT2D eigenvalue weighted by molar-refractivity contribution is 0.409. The van der Waals surface area contributed by atoms with Gasteiger partial charge < -0.3 is 4.57 Å². The summed E-state index contributed by atoms with van der Waals surface area (Å²) in [5, 5.41) is 0.106. The Kier molecular flexibility index (Phi) is 3.22. The molecule has 0 aliphatic heterocycles. The van der Waals surface area contributed by atoms with E-state index in [1.807, 2.05) is 0 Å². The molecule has 19 heavy (non-hydrogen) atoms. The zero-order chi connectivity index (χ0) is 13.6. The predicted octanol–water partition coefficient (Wildman–Crippen LogP) is 4.76. The van der Waals surface area contributed by atoms with Crippen molar-refractivity contribution in [2.24, 2.45) is 5.41 Å². The minimum Gasteiger partial charge on any atom is -0.326 e. The lowest BCUT2D eigenvalue weighted by Gasteiger charge is -2.16. The van der Waals surface area contributed by atoms with Crippen molar-refractivity contribution >= 4 is 34.2 Å². The van der Waals surface area contributed by atoms with Crippen LogP contribution in [0.2, 0.25) is 5.02 Å². The van der Waals surface area contributed by atoms with Crippen molar-refractivity contribution < 1.29 is 4.39 Å². The summed E-state index contributed by atoms with van der Waals surface area (Å²) in [4.78, 5) is 4.46. The molecule has 1 aliphatic rings. The van der Waals surface area contributed by atoms with Crippen LogP contribution in [0.5, 0.6) is 0 Å². The zero-order valence-electron chi connectivity index (χ0n) is 10.7. The molecule has 0 unspecified atom stereocenters. The van der Waals surface area contributed by atoms with Gasteiger partial charge in [0.25, 0.3) is 0 Å². The monoisotopic (exact) mass is 300 g/mol. The zero-order valence-corrected chi connectivity index (χ0v) is 12.2. The third-order valence-corrected chi connectivity index (χ3v) is 4.72. The average Bonchev–Trinajstić information content (AvgIpc) is 3.10. The van der Waals surface area contributed by atoms with Gasteiger partial charge in [-0.15, -0.1) is 11.6 Å². The third-order valence-electron chi connectivity index (χ3n) is 4.19. The number of alkyl halides is 1. The van der Waals surface area contributed by atoms with Crippen LogP contribution in [0, 0.1) is 11.2 Å². The van der Waals surface area contributed by atoms with Gasteiger partial charge in [-0.3, -0.25) is 0 Å². The van der Waals surface area contributed by atoms with Gasteiger partial charge in [0.05, 0.1) is 21.9 Å². The first-order valence-electron chi connectivity index (χ1n) is 6.49. The van der Waals surface area contributed by atoms with Gasteiger partial charge in [0, 0.05) is 12.6 Å². The van der Waals surface area contributed by atoms with Crippen LogP contribution >= 0.6 is 23.2 Å². The van der Waals surface area contributed by atoms with Crippen molar-refractivity contribution in [2.75, 3.05) is 0 Å². The Morgan fingerprint density at radius 2 is 2.16 bits per heavy atom. The van der Waals surface area contributed by atoms with Crippen LogP contribution in [0.1, 0.15) is 32.0 Å². The molecule has 2 aromatic rings. The minimum atomic E-state index is -0.405. The Bertz CT molecular complexity index is 632. The molecule has 102 valence electrons. The summed E-state index contributed by atoms with van der Waals surface area (Å²) >= 11 is 11.8. The van der Waals surface area contributed by atoms with E-state index < -0.39 is 5.82 Å². The van der Waals surface area contributed by atoms with Crippen molar-refractivity contribution in [3.8, 4) is 0 Å². The van der Waals surface area contributed by atoms with Gasteiger partial charge in [-0.2, -0.15) is 0 Å². The van der Waals surface area contributed by atoms with E-state index in [0.29, 0.717) is 16.8 Å². The molecule has 1 aromatic carbocycles. The summed E-state index contributed by atoms with van der Waals surface area (Å²) in [7, 11) is 0. The van der Waals surface area contributed by atoms with Crippen molar-refractivity contribution in [1.82, 2.24) is 9.55 Å². The van der Waals surface area contributed by atoms with E-state index in [9.17, 15) is 4.39 Å². The van der Waals surface area contributed by atoms with Crippen molar-refractivity contribution in [3.05, 3.63) is 28.8 Å². The van der Waals surface area contributed by atoms with Crippen LogP contribution in [0.3, 0.4) is 0 Å². The lowest BCUT2D eigenvalue weighted by Crippen LogP contribution is -2.13. The largest absolute Gasteiger partial charge is 0.326 e. The molecule has 1 aromatic heterocycles. The number of aromatic nitrogens is 2. The second kappa shape index (κ2) is 4.64. The topological polar surface area (TPSA) is 17.8 Å². The fourth-order valence-electron chi connectivity index (χ4n) is 2.58. The maximum atomic E-state index is 13.7. The van der Waals surface area contributed by atoms with Gasteiger partial charge in [-0.25, -0.2) is 9.37 Å². The minimum absolute atomic E-state index is 0.106.